The Balaban J connectivity index is 0.949. The minimum atomic E-state index is -2.47. The number of aliphatic carboxylic acids is 12. The first-order valence-electron chi connectivity index (χ1n) is 34.3. The molecule has 108 heavy (non-hydrogen) atoms. The molecular weight excluding hydrogens is 1390 g/mol. The van der Waals surface area contributed by atoms with Crippen molar-refractivity contribution in [1.82, 2.24) is 0 Å². The van der Waals surface area contributed by atoms with E-state index in [4.69, 9.17) is 0 Å². The van der Waals surface area contributed by atoms with Crippen LogP contribution in [0.3, 0.4) is 0 Å². The standard InChI is InChI=1S/C84H60O24/c85-67(86)79(68(87)88)25-49-51(27-79)63-45-17-5-39(6-18-45)40-9-21-47(22-10-40)65-57-33-83(75(101)102,76(103)104)35-59(57)66(60-36-84(77(105)106,78(107)108)34-58(60)65)48-23-11-42(12-24-48)41-7-19-46(20-8-41)64-55-31-81(71(93)94,72(95)96)29-53(55)62(54-30-82(73(97)98,74(99)100)32-56(54)64)44-15-3-38(4-16-44)37-1-13-43(14-2-37)61(49)50-26-80(69(89)90,70(91)92)28-52(50)63/h1-24H,25-36H2,(H,85,86)(H,87,88)(H,89,90)(H,91,92)(H,93,94)(H,95,96)(H,97,98)(H,99,100)(H,101,102)(H,103,104)(H,105,106)(H,107,108). The first-order chi connectivity index (χ1) is 51.3. The molecule has 0 aromatic heterocycles. The van der Waals surface area contributed by atoms with Crippen LogP contribution in [-0.4, -0.2) is 133 Å². The van der Waals surface area contributed by atoms with Crippen molar-refractivity contribution in [2.24, 2.45) is 32.5 Å². The van der Waals surface area contributed by atoms with E-state index in [9.17, 15) is 119 Å². The van der Waals surface area contributed by atoms with Gasteiger partial charge in [-0.2, -0.15) is 0 Å². The van der Waals surface area contributed by atoms with Crippen molar-refractivity contribution in [3.63, 3.8) is 0 Å². The van der Waals surface area contributed by atoms with Crippen LogP contribution in [0.15, 0.2) is 146 Å². The second-order valence-corrected chi connectivity index (χ2v) is 29.7. The molecule has 0 atom stereocenters. The van der Waals surface area contributed by atoms with Gasteiger partial charge in [-0.05, 0) is 167 Å². The quantitative estimate of drug-likeness (QED) is 0.0506. The average molecular weight is 1450 g/mol. The Morgan fingerprint density at radius 1 is 0.148 bits per heavy atom. The van der Waals surface area contributed by atoms with Crippen LogP contribution < -0.4 is 0 Å². The molecule has 0 saturated carbocycles. The van der Waals surface area contributed by atoms with Gasteiger partial charge >= 0.3 is 71.6 Å². The van der Waals surface area contributed by atoms with Crippen LogP contribution in [-0.2, 0) is 135 Å². The van der Waals surface area contributed by atoms with Gasteiger partial charge in [0.15, 0.2) is 32.5 Å². The fourth-order valence-electron chi connectivity index (χ4n) is 18.7. The third-order valence-electron chi connectivity index (χ3n) is 24.5. The summed E-state index contributed by atoms with van der Waals surface area (Å²) in [6, 6.07) is 39.8. The number of hydrogen-bond donors (Lipinski definition) is 12. The average Bonchev–Trinajstić information content (AvgIpc) is 1.56. The Morgan fingerprint density at radius 3 is 0.296 bits per heavy atom. The van der Waals surface area contributed by atoms with Crippen LogP contribution in [0.2, 0.25) is 0 Å². The second kappa shape index (κ2) is 23.6. The first kappa shape index (κ1) is 69.0. The third kappa shape index (κ3) is 9.46. The Kier molecular flexibility index (Phi) is 15.1. The van der Waals surface area contributed by atoms with Gasteiger partial charge in [0.05, 0.1) is 0 Å². The molecule has 0 saturated heterocycles. The van der Waals surface area contributed by atoms with Crippen LogP contribution in [0.5, 0.6) is 0 Å². The van der Waals surface area contributed by atoms with Crippen molar-refractivity contribution in [2.75, 3.05) is 0 Å². The summed E-state index contributed by atoms with van der Waals surface area (Å²) in [7, 11) is 0. The van der Waals surface area contributed by atoms with Crippen molar-refractivity contribution in [1.29, 1.82) is 0 Å². The Labute approximate surface area is 609 Å². The molecule has 9 aromatic rings. The lowest BCUT2D eigenvalue weighted by Gasteiger charge is -2.22. The second-order valence-electron chi connectivity index (χ2n) is 29.7. The van der Waals surface area contributed by atoms with Crippen LogP contribution in [0.4, 0.5) is 0 Å². The van der Waals surface area contributed by atoms with E-state index < -0.39 is 181 Å². The van der Waals surface area contributed by atoms with E-state index in [0.29, 0.717) is 66.8 Å². The lowest BCUT2D eigenvalue weighted by molar-refractivity contribution is -0.165. The van der Waals surface area contributed by atoms with Crippen LogP contribution in [0.25, 0.3) is 100 Å². The predicted molar refractivity (Wildman–Crippen MR) is 380 cm³/mol. The third-order valence-corrected chi connectivity index (χ3v) is 24.5. The number of carboxylic acid groups (broad SMARTS) is 12. The van der Waals surface area contributed by atoms with Crippen molar-refractivity contribution in [3.05, 3.63) is 212 Å². The minimum Gasteiger partial charge on any atom is -0.480 e. The van der Waals surface area contributed by atoms with Crippen LogP contribution in [0.1, 0.15) is 66.8 Å². The maximum atomic E-state index is 13.5. The van der Waals surface area contributed by atoms with E-state index in [1.54, 1.807) is 146 Å². The molecule has 24 nitrogen and oxygen atoms in total. The van der Waals surface area contributed by atoms with E-state index in [1.165, 1.54) is 0 Å². The Bertz CT molecular complexity index is 4590. The van der Waals surface area contributed by atoms with Gasteiger partial charge in [-0.1, -0.05) is 146 Å². The normalized spacial score (nSPS) is 17.2. The molecule has 0 radical (unpaired) electrons. The SMILES string of the molecule is O=C(O)C1(C(=O)O)Cc2c(c3c4c(c2-c2ccc(cc2)-c2ccc(cc2)-c2c5c(c(c6c2CC(C(=O)O)(C(=O)O)C6)-c2ccc(cc2)-c2ccc(cc2)-c2c6c(c(c7c2CC(C(=O)O)(C(=O)O)C7)-c2ccc(cc2)-c2ccc-3cc2)CC(C(=O)O)(C(=O)O)C6)CC(C(=O)O)(C(=O)O)C5)CC(C(=O)O)(C(=O)O)C4)C1. The fourth-order valence-corrected chi connectivity index (χ4v) is 18.7. The number of benzene rings is 9. The summed E-state index contributed by atoms with van der Waals surface area (Å²) in [6.45, 7) is 0. The Morgan fingerprint density at radius 2 is 0.222 bits per heavy atom. The molecule has 0 unspecified atom stereocenters. The van der Waals surface area contributed by atoms with Gasteiger partial charge in [0.25, 0.3) is 0 Å². The Hall–Kier alpha value is -13.4. The lowest BCUT2D eigenvalue weighted by Crippen LogP contribution is -2.40. The summed E-state index contributed by atoms with van der Waals surface area (Å²) < 4.78 is 0. The van der Waals surface area contributed by atoms with E-state index in [2.05, 4.69) is 0 Å². The van der Waals surface area contributed by atoms with Gasteiger partial charge in [-0.3, -0.25) is 57.5 Å². The van der Waals surface area contributed by atoms with Gasteiger partial charge in [0.2, 0.25) is 0 Å². The monoisotopic (exact) mass is 1450 g/mol. The summed E-state index contributed by atoms with van der Waals surface area (Å²) in [6.07, 6.45) is -7.41. The first-order valence-corrected chi connectivity index (χ1v) is 34.3. The van der Waals surface area contributed by atoms with Gasteiger partial charge in [-0.25, -0.2) is 0 Å². The molecule has 0 heterocycles. The van der Waals surface area contributed by atoms with Crippen molar-refractivity contribution < 1.29 is 119 Å². The highest BCUT2D eigenvalue weighted by Gasteiger charge is 2.61. The largest absolute Gasteiger partial charge is 0.480 e. The molecule has 0 aliphatic heterocycles. The summed E-state index contributed by atoms with van der Waals surface area (Å²) in [5, 5.41) is 131. The molecule has 0 spiro atoms. The zero-order valence-electron chi connectivity index (χ0n) is 56.6. The molecule has 25 aliphatic carbocycles. The zero-order valence-corrected chi connectivity index (χ0v) is 56.6. The predicted octanol–water partition coefficient (Wildman–Crippen LogP) is 10.5. The molecule has 18 bridgehead atoms. The molecule has 0 fully saturated rings. The van der Waals surface area contributed by atoms with Gasteiger partial charge in [0.1, 0.15) is 0 Å². The van der Waals surface area contributed by atoms with E-state index in [-0.39, 0.29) is 100 Å². The van der Waals surface area contributed by atoms with Gasteiger partial charge < -0.3 is 61.3 Å². The van der Waals surface area contributed by atoms with Crippen LogP contribution in [0, 0.1) is 32.5 Å². The zero-order chi connectivity index (χ0) is 76.7. The number of carboxylic acids is 12. The summed E-state index contributed by atoms with van der Waals surface area (Å²) >= 11 is 0. The minimum absolute atomic E-state index is 0.213. The molecule has 24 heteroatoms. The summed E-state index contributed by atoms with van der Waals surface area (Å²) in [5.41, 5.74) is -5.59. The van der Waals surface area contributed by atoms with Crippen LogP contribution >= 0.6 is 0 Å². The molecule has 9 aromatic carbocycles. The van der Waals surface area contributed by atoms with E-state index >= 15 is 0 Å². The van der Waals surface area contributed by atoms with Crippen molar-refractivity contribution in [2.45, 2.75) is 77.0 Å². The highest BCUT2D eigenvalue weighted by atomic mass is 16.4. The molecule has 12 N–H and O–H groups in total. The molecule has 25 aliphatic rings. The fraction of sp³-hybridized carbons (Fsp3) is 0.214. The maximum Gasteiger partial charge on any atom is 0.321 e. The number of carbonyl (C=O) groups is 12. The maximum absolute atomic E-state index is 13.5. The highest BCUT2D eigenvalue weighted by molar-refractivity contribution is 6.09. The smallest absolute Gasteiger partial charge is 0.321 e. The molecular formula is C84H60O24. The van der Waals surface area contributed by atoms with E-state index in [1.807, 2.05) is 0 Å². The molecule has 540 valence electrons. The summed E-state index contributed by atoms with van der Waals surface area (Å²) in [4.78, 5) is 162. The summed E-state index contributed by atoms with van der Waals surface area (Å²) in [5.74, 6) is -20.1. The van der Waals surface area contributed by atoms with E-state index in [0.717, 1.165) is 0 Å². The lowest BCUT2D eigenvalue weighted by atomic mass is 9.82. The number of rotatable bonds is 12. The number of hydrogen-bond acceptors (Lipinski definition) is 12. The van der Waals surface area contributed by atoms with Crippen molar-refractivity contribution >= 4 is 71.6 Å². The van der Waals surface area contributed by atoms with Crippen molar-refractivity contribution in [3.8, 4) is 100 Å². The van der Waals surface area contributed by atoms with Gasteiger partial charge in [0, 0.05) is 77.0 Å². The molecule has 34 rings (SSSR count). The highest BCUT2D eigenvalue weighted by Crippen LogP contribution is 2.60. The van der Waals surface area contributed by atoms with Gasteiger partial charge in [-0.15, -0.1) is 0 Å². The topological polar surface area (TPSA) is 448 Å². The molecule has 0 amide bonds.